The van der Waals surface area contributed by atoms with Gasteiger partial charge in [0.25, 0.3) is 10.1 Å². The van der Waals surface area contributed by atoms with E-state index in [-0.39, 0.29) is 10.8 Å². The molecule has 0 radical (unpaired) electrons. The lowest BCUT2D eigenvalue weighted by atomic mass is 9.98. The highest BCUT2D eigenvalue weighted by Crippen LogP contribution is 2.43. The lowest BCUT2D eigenvalue weighted by molar-refractivity contribution is -0.0465. The van der Waals surface area contributed by atoms with E-state index < -0.39 is 41.3 Å². The van der Waals surface area contributed by atoms with Gasteiger partial charge in [0, 0.05) is 24.4 Å². The van der Waals surface area contributed by atoms with Crippen molar-refractivity contribution in [3.8, 4) is 11.5 Å². The number of ether oxygens (including phenoxy) is 3. The third-order valence-corrected chi connectivity index (χ3v) is 9.98. The fourth-order valence-electron chi connectivity index (χ4n) is 6.19. The zero-order valence-corrected chi connectivity index (χ0v) is 26.2. The summed E-state index contributed by atoms with van der Waals surface area (Å²) in [5.74, 6) is 2.25. The Morgan fingerprint density at radius 2 is 1.78 bits per heavy atom. The fraction of sp³-hybridized carbons (Fsp3) is 0.438. The van der Waals surface area contributed by atoms with Crippen LogP contribution in [0.5, 0.6) is 11.5 Å². The average molecular weight is 639 g/mol. The molecule has 3 N–H and O–H groups in total. The Morgan fingerprint density at radius 1 is 1.02 bits per heavy atom. The number of benzene rings is 2. The number of anilines is 1. The molecule has 12 nitrogen and oxygen atoms in total. The molecule has 2 aromatic heterocycles. The van der Waals surface area contributed by atoms with Crippen LogP contribution in [0, 0.1) is 6.92 Å². The van der Waals surface area contributed by atoms with Gasteiger partial charge in [0.1, 0.15) is 47.6 Å². The van der Waals surface area contributed by atoms with Crippen molar-refractivity contribution in [2.45, 2.75) is 74.5 Å². The van der Waals surface area contributed by atoms with E-state index in [2.05, 4.69) is 15.3 Å². The minimum atomic E-state index is -4.10. The van der Waals surface area contributed by atoms with Gasteiger partial charge >= 0.3 is 0 Å². The van der Waals surface area contributed by atoms with Crippen molar-refractivity contribution in [2.24, 2.45) is 0 Å². The average Bonchev–Trinajstić information content (AvgIpc) is 3.78. The number of aliphatic hydroxyl groups is 2. The summed E-state index contributed by atoms with van der Waals surface area (Å²) in [5, 5.41) is 26.3. The zero-order valence-electron chi connectivity index (χ0n) is 25.4. The van der Waals surface area contributed by atoms with Crippen molar-refractivity contribution in [1.82, 2.24) is 14.5 Å². The molecule has 0 unspecified atom stereocenters. The summed E-state index contributed by atoms with van der Waals surface area (Å²) in [7, 11) is -0.886. The molecule has 0 bridgehead atoms. The molecule has 45 heavy (non-hydrogen) atoms. The number of nitrogens with one attached hydrogen (secondary N) is 1. The van der Waals surface area contributed by atoms with Gasteiger partial charge in [0.05, 0.1) is 31.1 Å². The van der Waals surface area contributed by atoms with E-state index in [0.717, 1.165) is 47.8 Å². The topological polar surface area (TPSA) is 154 Å². The summed E-state index contributed by atoms with van der Waals surface area (Å²) in [6, 6.07) is 11.9. The zero-order chi connectivity index (χ0) is 31.7. The summed E-state index contributed by atoms with van der Waals surface area (Å²) in [6.07, 6.45) is 2.70. The van der Waals surface area contributed by atoms with Crippen LogP contribution in [-0.2, 0) is 25.6 Å². The minimum absolute atomic E-state index is 0.000663. The predicted molar refractivity (Wildman–Crippen MR) is 166 cm³/mol. The molecule has 2 aliphatic rings. The Bertz CT molecular complexity index is 1760. The lowest BCUT2D eigenvalue weighted by Gasteiger charge is -2.17. The van der Waals surface area contributed by atoms with E-state index in [1.165, 1.54) is 18.5 Å². The van der Waals surface area contributed by atoms with E-state index in [1.54, 1.807) is 30.9 Å². The number of aryl methyl sites for hydroxylation is 1. The van der Waals surface area contributed by atoms with Crippen LogP contribution in [0.25, 0.3) is 11.0 Å². The van der Waals surface area contributed by atoms with Crippen LogP contribution in [-0.4, -0.2) is 72.3 Å². The second kappa shape index (κ2) is 12.9. The first-order valence-electron chi connectivity index (χ1n) is 15.0. The standard InChI is InChI=1S/C32H38N4O8S/c1-19-8-12-23(13-9-19)45(39,40)43-17-26-28(37)29(38)32(44-26)36-16-24(20-6-4-5-7-20)27-30(34-18-35-31(27)36)33-15-21-10-11-22(41-2)14-25(21)42-3/h8-14,16,18,20,26,28-29,32,37-38H,4-7,15,17H2,1-3H3,(H,33,34,35)/t26-,28-,29-,32-/m1/s1. The Labute approximate surface area is 262 Å². The third-order valence-electron chi connectivity index (χ3n) is 8.68. The molecule has 1 aliphatic carbocycles. The maximum Gasteiger partial charge on any atom is 0.297 e. The lowest BCUT2D eigenvalue weighted by Crippen LogP contribution is -2.34. The molecule has 6 rings (SSSR count). The highest BCUT2D eigenvalue weighted by atomic mass is 32.2. The summed E-state index contributed by atoms with van der Waals surface area (Å²) in [4.78, 5) is 9.16. The van der Waals surface area contributed by atoms with Gasteiger partial charge in [-0.25, -0.2) is 9.97 Å². The van der Waals surface area contributed by atoms with E-state index in [1.807, 2.05) is 31.3 Å². The number of nitrogens with zero attached hydrogens (tertiary/aromatic N) is 3. The van der Waals surface area contributed by atoms with Crippen molar-refractivity contribution in [1.29, 1.82) is 0 Å². The molecule has 240 valence electrons. The van der Waals surface area contributed by atoms with Crippen LogP contribution in [0.1, 0.15) is 54.5 Å². The van der Waals surface area contributed by atoms with Crippen LogP contribution < -0.4 is 14.8 Å². The molecule has 4 aromatic rings. The maximum atomic E-state index is 12.8. The van der Waals surface area contributed by atoms with Crippen LogP contribution in [0.3, 0.4) is 0 Å². The van der Waals surface area contributed by atoms with E-state index in [0.29, 0.717) is 29.5 Å². The summed E-state index contributed by atoms with van der Waals surface area (Å²) in [5.41, 5.74) is 3.38. The molecule has 13 heteroatoms. The number of hydrogen-bond donors (Lipinski definition) is 3. The van der Waals surface area contributed by atoms with E-state index in [9.17, 15) is 18.6 Å². The van der Waals surface area contributed by atoms with Crippen molar-refractivity contribution < 1.29 is 37.0 Å². The Kier molecular flexibility index (Phi) is 8.98. The van der Waals surface area contributed by atoms with Gasteiger partial charge in [-0.1, -0.05) is 30.5 Å². The second-order valence-electron chi connectivity index (χ2n) is 11.5. The van der Waals surface area contributed by atoms with Crippen molar-refractivity contribution in [3.63, 3.8) is 0 Å². The smallest absolute Gasteiger partial charge is 0.297 e. The Balaban J connectivity index is 1.28. The first-order valence-corrected chi connectivity index (χ1v) is 16.4. The van der Waals surface area contributed by atoms with E-state index >= 15 is 0 Å². The molecule has 1 aliphatic heterocycles. The first kappa shape index (κ1) is 31.2. The first-order chi connectivity index (χ1) is 21.7. The molecule has 0 amide bonds. The third kappa shape index (κ3) is 6.23. The van der Waals surface area contributed by atoms with Gasteiger partial charge in [-0.3, -0.25) is 4.18 Å². The van der Waals surface area contributed by atoms with Gasteiger partial charge in [-0.05, 0) is 55.5 Å². The summed E-state index contributed by atoms with van der Waals surface area (Å²) < 4.78 is 49.5. The van der Waals surface area contributed by atoms with Crippen LogP contribution in [0.4, 0.5) is 5.82 Å². The molecule has 2 aromatic carbocycles. The van der Waals surface area contributed by atoms with Crippen molar-refractivity contribution in [3.05, 3.63) is 71.7 Å². The van der Waals surface area contributed by atoms with Gasteiger partial charge in [0.2, 0.25) is 0 Å². The van der Waals surface area contributed by atoms with Gasteiger partial charge < -0.3 is 34.3 Å². The number of aromatic nitrogens is 3. The molecule has 3 heterocycles. The highest BCUT2D eigenvalue weighted by Gasteiger charge is 2.45. The molecule has 4 atom stereocenters. The minimum Gasteiger partial charge on any atom is -0.497 e. The van der Waals surface area contributed by atoms with Gasteiger partial charge in [-0.15, -0.1) is 0 Å². The number of fused-ring (bicyclic) bond motifs is 1. The Morgan fingerprint density at radius 3 is 2.49 bits per heavy atom. The summed E-state index contributed by atoms with van der Waals surface area (Å²) in [6.45, 7) is 1.81. The maximum absolute atomic E-state index is 12.8. The van der Waals surface area contributed by atoms with Crippen molar-refractivity contribution >= 4 is 27.0 Å². The Hall–Kier alpha value is -3.75. The summed E-state index contributed by atoms with van der Waals surface area (Å²) >= 11 is 0. The molecule has 1 saturated carbocycles. The fourth-order valence-corrected chi connectivity index (χ4v) is 7.11. The molecular weight excluding hydrogens is 600 g/mol. The number of hydrogen-bond acceptors (Lipinski definition) is 11. The van der Waals surface area contributed by atoms with Gasteiger partial charge in [0.15, 0.2) is 6.23 Å². The van der Waals surface area contributed by atoms with Crippen LogP contribution >= 0.6 is 0 Å². The molecule has 1 saturated heterocycles. The molecule has 2 fully saturated rings. The monoisotopic (exact) mass is 638 g/mol. The van der Waals surface area contributed by atoms with Gasteiger partial charge in [-0.2, -0.15) is 8.42 Å². The largest absolute Gasteiger partial charge is 0.497 e. The van der Waals surface area contributed by atoms with Crippen LogP contribution in [0.15, 0.2) is 59.9 Å². The second-order valence-corrected chi connectivity index (χ2v) is 13.1. The van der Waals surface area contributed by atoms with E-state index in [4.69, 9.17) is 18.4 Å². The highest BCUT2D eigenvalue weighted by molar-refractivity contribution is 7.86. The molecular formula is C32H38N4O8S. The number of rotatable bonds is 11. The quantitative estimate of drug-likeness (QED) is 0.204. The number of methoxy groups -OCH3 is 2. The molecule has 0 spiro atoms. The number of aliphatic hydroxyl groups excluding tert-OH is 2. The van der Waals surface area contributed by atoms with Crippen molar-refractivity contribution in [2.75, 3.05) is 26.1 Å². The van der Waals surface area contributed by atoms with Crippen LogP contribution in [0.2, 0.25) is 0 Å². The predicted octanol–water partition coefficient (Wildman–Crippen LogP) is 4.05. The normalized spacial score (nSPS) is 22.2. The SMILES string of the molecule is COc1ccc(CNc2ncnc3c2c(C2CCCC2)cn3[C@@H]2O[C@H](COS(=O)(=O)c3ccc(C)cc3)[C@@H](O)[C@H]2O)c(OC)c1.